The first-order valence-electron chi connectivity index (χ1n) is 5.96. The van der Waals surface area contributed by atoms with E-state index < -0.39 is 0 Å². The first-order valence-corrected chi connectivity index (χ1v) is 7.13. The van der Waals surface area contributed by atoms with Crippen molar-refractivity contribution >= 4 is 33.2 Å². The van der Waals surface area contributed by atoms with Crippen LogP contribution in [0.3, 0.4) is 0 Å². The Labute approximate surface area is 126 Å². The minimum Gasteiger partial charge on any atom is -0.392 e. The zero-order valence-corrected chi connectivity index (χ0v) is 12.9. The fraction of sp³-hybridized carbons (Fsp3) is 0.200. The summed E-state index contributed by atoms with van der Waals surface area (Å²) in [6, 6.07) is 13.8. The summed E-state index contributed by atoms with van der Waals surface area (Å²) in [5, 5.41) is 10.0. The van der Waals surface area contributed by atoms with Gasteiger partial charge in [-0.3, -0.25) is 0 Å². The molecule has 0 aliphatic carbocycles. The van der Waals surface area contributed by atoms with Crippen LogP contribution in [0.5, 0.6) is 0 Å². The molecule has 0 heterocycles. The molecule has 0 aliphatic heterocycles. The highest BCUT2D eigenvalue weighted by atomic mass is 79.9. The number of halogens is 2. The third-order valence-electron chi connectivity index (χ3n) is 3.03. The van der Waals surface area contributed by atoms with Crippen LogP contribution in [0.15, 0.2) is 46.9 Å². The fourth-order valence-electron chi connectivity index (χ4n) is 2.03. The van der Waals surface area contributed by atoms with Gasteiger partial charge in [0.2, 0.25) is 0 Å². The second-order valence-corrected chi connectivity index (χ2v) is 5.60. The van der Waals surface area contributed by atoms with Crippen LogP contribution in [-0.2, 0) is 13.2 Å². The molecule has 2 aromatic rings. The standard InChI is InChI=1S/C15H15BrClNO/c1-18(9-11-5-2-3-6-13(11)16)15-8-4-7-14(17)12(15)10-19/h2-8,19H,9-10H2,1H3. The minimum atomic E-state index is -0.0602. The number of aliphatic hydroxyl groups excluding tert-OH is 1. The van der Waals surface area contributed by atoms with Crippen molar-refractivity contribution in [3.63, 3.8) is 0 Å². The van der Waals surface area contributed by atoms with E-state index in [0.29, 0.717) is 5.02 Å². The number of nitrogens with zero attached hydrogens (tertiary/aromatic N) is 1. The first kappa shape index (κ1) is 14.4. The molecule has 1 N–H and O–H groups in total. The maximum Gasteiger partial charge on any atom is 0.0716 e. The molecule has 0 atom stereocenters. The Morgan fingerprint density at radius 2 is 1.89 bits per heavy atom. The molecule has 0 fully saturated rings. The van der Waals surface area contributed by atoms with Crippen molar-refractivity contribution in [1.29, 1.82) is 0 Å². The number of benzene rings is 2. The highest BCUT2D eigenvalue weighted by molar-refractivity contribution is 9.10. The van der Waals surface area contributed by atoms with Gasteiger partial charge in [-0.2, -0.15) is 0 Å². The SMILES string of the molecule is CN(Cc1ccccc1Br)c1cccc(Cl)c1CO. The summed E-state index contributed by atoms with van der Waals surface area (Å²) in [5.41, 5.74) is 2.90. The van der Waals surface area contributed by atoms with Crippen molar-refractivity contribution < 1.29 is 5.11 Å². The number of hydrogen-bond acceptors (Lipinski definition) is 2. The third-order valence-corrected chi connectivity index (χ3v) is 4.16. The van der Waals surface area contributed by atoms with Crippen molar-refractivity contribution in [3.8, 4) is 0 Å². The van der Waals surface area contributed by atoms with E-state index in [1.165, 1.54) is 5.56 Å². The predicted molar refractivity (Wildman–Crippen MR) is 83.6 cm³/mol. The minimum absolute atomic E-state index is 0.0602. The first-order chi connectivity index (χ1) is 9.13. The Hall–Kier alpha value is -1.03. The van der Waals surface area contributed by atoms with E-state index in [2.05, 4.69) is 26.9 Å². The Kier molecular flexibility index (Phi) is 4.86. The van der Waals surface area contributed by atoms with E-state index in [4.69, 9.17) is 11.6 Å². The summed E-state index contributed by atoms with van der Waals surface area (Å²) in [7, 11) is 1.99. The Morgan fingerprint density at radius 3 is 2.58 bits per heavy atom. The normalized spacial score (nSPS) is 10.5. The van der Waals surface area contributed by atoms with E-state index in [9.17, 15) is 5.11 Å². The van der Waals surface area contributed by atoms with E-state index >= 15 is 0 Å². The van der Waals surface area contributed by atoms with Gasteiger partial charge >= 0.3 is 0 Å². The van der Waals surface area contributed by atoms with Crippen molar-refractivity contribution in [1.82, 2.24) is 0 Å². The lowest BCUT2D eigenvalue weighted by molar-refractivity contribution is 0.282. The van der Waals surface area contributed by atoms with Gasteiger partial charge in [-0.25, -0.2) is 0 Å². The molecule has 0 unspecified atom stereocenters. The maximum absolute atomic E-state index is 9.45. The summed E-state index contributed by atoms with van der Waals surface area (Å²) in [5.74, 6) is 0. The lowest BCUT2D eigenvalue weighted by Crippen LogP contribution is -2.18. The Bertz CT molecular complexity index is 574. The van der Waals surface area contributed by atoms with Crippen molar-refractivity contribution in [2.75, 3.05) is 11.9 Å². The van der Waals surface area contributed by atoms with Crippen LogP contribution in [0.25, 0.3) is 0 Å². The average molecular weight is 341 g/mol. The summed E-state index contributed by atoms with van der Waals surface area (Å²) < 4.78 is 1.08. The van der Waals surface area contributed by atoms with Crippen LogP contribution in [0.2, 0.25) is 5.02 Å². The van der Waals surface area contributed by atoms with Gasteiger partial charge in [0.25, 0.3) is 0 Å². The third kappa shape index (κ3) is 3.30. The lowest BCUT2D eigenvalue weighted by Gasteiger charge is -2.23. The van der Waals surface area contributed by atoms with Crippen LogP contribution >= 0.6 is 27.5 Å². The summed E-state index contributed by atoms with van der Waals surface area (Å²) >= 11 is 9.66. The van der Waals surface area contributed by atoms with E-state index in [0.717, 1.165) is 22.3 Å². The zero-order valence-electron chi connectivity index (χ0n) is 10.6. The summed E-state index contributed by atoms with van der Waals surface area (Å²) in [6.07, 6.45) is 0. The van der Waals surface area contributed by atoms with Gasteiger partial charge in [-0.05, 0) is 23.8 Å². The predicted octanol–water partition coefficient (Wildman–Crippen LogP) is 4.23. The molecule has 100 valence electrons. The maximum atomic E-state index is 9.45. The quantitative estimate of drug-likeness (QED) is 0.900. The van der Waals surface area contributed by atoms with Gasteiger partial charge in [0.1, 0.15) is 0 Å². The van der Waals surface area contributed by atoms with Gasteiger partial charge < -0.3 is 10.0 Å². The number of rotatable bonds is 4. The second-order valence-electron chi connectivity index (χ2n) is 4.34. The summed E-state index contributed by atoms with van der Waals surface area (Å²) in [6.45, 7) is 0.685. The Balaban J connectivity index is 2.28. The van der Waals surface area contributed by atoms with Crippen LogP contribution in [0.1, 0.15) is 11.1 Å². The topological polar surface area (TPSA) is 23.5 Å². The molecule has 4 heteroatoms. The van der Waals surface area contributed by atoms with E-state index in [1.807, 2.05) is 37.4 Å². The molecule has 0 aromatic heterocycles. The van der Waals surface area contributed by atoms with Crippen LogP contribution in [0, 0.1) is 0 Å². The van der Waals surface area contributed by atoms with Gasteiger partial charge in [-0.15, -0.1) is 0 Å². The zero-order chi connectivity index (χ0) is 13.8. The average Bonchev–Trinajstić information content (AvgIpc) is 2.41. The smallest absolute Gasteiger partial charge is 0.0716 e. The molecule has 2 rings (SSSR count). The molecule has 0 spiro atoms. The molecule has 19 heavy (non-hydrogen) atoms. The molecule has 2 nitrogen and oxygen atoms in total. The molecule has 0 saturated carbocycles. The van der Waals surface area contributed by atoms with E-state index in [-0.39, 0.29) is 6.61 Å². The van der Waals surface area contributed by atoms with Gasteiger partial charge in [0, 0.05) is 34.3 Å². The monoisotopic (exact) mass is 339 g/mol. The largest absolute Gasteiger partial charge is 0.392 e. The highest BCUT2D eigenvalue weighted by Crippen LogP contribution is 2.28. The van der Waals surface area contributed by atoms with E-state index in [1.54, 1.807) is 6.07 Å². The van der Waals surface area contributed by atoms with Crippen LogP contribution < -0.4 is 4.90 Å². The molecule has 2 aromatic carbocycles. The van der Waals surface area contributed by atoms with Gasteiger partial charge in [0.15, 0.2) is 0 Å². The number of anilines is 1. The van der Waals surface area contributed by atoms with Crippen LogP contribution in [0.4, 0.5) is 5.69 Å². The molecule has 0 saturated heterocycles. The molecular weight excluding hydrogens is 326 g/mol. The molecule has 0 radical (unpaired) electrons. The van der Waals surface area contributed by atoms with Gasteiger partial charge in [0.05, 0.1) is 6.61 Å². The molecule has 0 bridgehead atoms. The Morgan fingerprint density at radius 1 is 1.16 bits per heavy atom. The fourth-order valence-corrected chi connectivity index (χ4v) is 2.67. The summed E-state index contributed by atoms with van der Waals surface area (Å²) in [4.78, 5) is 2.08. The van der Waals surface area contributed by atoms with Crippen molar-refractivity contribution in [3.05, 3.63) is 63.1 Å². The number of aliphatic hydroxyl groups is 1. The molecular formula is C15H15BrClNO. The number of hydrogen-bond donors (Lipinski definition) is 1. The molecule has 0 aliphatic rings. The van der Waals surface area contributed by atoms with Crippen LogP contribution in [-0.4, -0.2) is 12.2 Å². The van der Waals surface area contributed by atoms with Crippen molar-refractivity contribution in [2.45, 2.75) is 13.2 Å². The second kappa shape index (κ2) is 6.42. The van der Waals surface area contributed by atoms with Crippen molar-refractivity contribution in [2.24, 2.45) is 0 Å². The van der Waals surface area contributed by atoms with Gasteiger partial charge in [-0.1, -0.05) is 51.8 Å². The molecule has 0 amide bonds. The highest BCUT2D eigenvalue weighted by Gasteiger charge is 2.11. The lowest BCUT2D eigenvalue weighted by atomic mass is 10.1.